The monoisotopic (exact) mass is 325 g/mol. The minimum Gasteiger partial charge on any atom is -0.463 e. The van der Waals surface area contributed by atoms with Crippen molar-refractivity contribution in [2.45, 2.75) is 32.2 Å². The predicted molar refractivity (Wildman–Crippen MR) is 91.8 cm³/mol. The largest absolute Gasteiger partial charge is 0.463 e. The molecular weight excluding hydrogens is 302 g/mol. The highest BCUT2D eigenvalue weighted by atomic mass is 16.3. The number of aromatic nitrogens is 1. The van der Waals surface area contributed by atoms with Gasteiger partial charge in [0.2, 0.25) is 0 Å². The Labute approximate surface area is 142 Å². The quantitative estimate of drug-likeness (QED) is 0.852. The summed E-state index contributed by atoms with van der Waals surface area (Å²) in [5.74, 6) is 0.841. The number of hydrogen-bond acceptors (Lipinski definition) is 4. The van der Waals surface area contributed by atoms with Gasteiger partial charge in [-0.3, -0.25) is 9.69 Å². The molecule has 0 radical (unpaired) electrons. The summed E-state index contributed by atoms with van der Waals surface area (Å²) < 4.78 is 5.39. The second-order valence-corrected chi connectivity index (χ2v) is 6.74. The number of carbonyl (C=O) groups is 1. The molecule has 2 saturated heterocycles. The Morgan fingerprint density at radius 1 is 1.21 bits per heavy atom. The molecule has 0 N–H and O–H groups in total. The van der Waals surface area contributed by atoms with Crippen molar-refractivity contribution >= 4 is 5.91 Å². The van der Waals surface area contributed by atoms with Gasteiger partial charge in [-0.15, -0.1) is 0 Å². The van der Waals surface area contributed by atoms with Crippen LogP contribution in [0.1, 0.15) is 35.3 Å². The molecule has 2 aromatic heterocycles. The highest BCUT2D eigenvalue weighted by Crippen LogP contribution is 2.24. The maximum Gasteiger partial charge on any atom is 0.255 e. The molecule has 2 fully saturated rings. The van der Waals surface area contributed by atoms with Crippen molar-refractivity contribution in [2.24, 2.45) is 0 Å². The lowest BCUT2D eigenvalue weighted by atomic mass is 10.1. The first kappa shape index (κ1) is 15.4. The highest BCUT2D eigenvalue weighted by Gasteiger charge is 2.31. The van der Waals surface area contributed by atoms with Crippen molar-refractivity contribution < 1.29 is 9.21 Å². The molecule has 0 unspecified atom stereocenters. The molecule has 2 aliphatic heterocycles. The van der Waals surface area contributed by atoms with Crippen LogP contribution in [0.3, 0.4) is 0 Å². The SMILES string of the molecule is Cc1nc(-c2ccco2)ccc1C(=O)N1CCCN2CCC[C@H]2C1. The van der Waals surface area contributed by atoms with Crippen LogP contribution < -0.4 is 0 Å². The van der Waals surface area contributed by atoms with E-state index in [1.807, 2.05) is 36.1 Å². The summed E-state index contributed by atoms with van der Waals surface area (Å²) in [5.41, 5.74) is 2.24. The lowest BCUT2D eigenvalue weighted by molar-refractivity contribution is 0.0742. The second-order valence-electron chi connectivity index (χ2n) is 6.74. The third kappa shape index (κ3) is 2.84. The molecule has 0 saturated carbocycles. The predicted octanol–water partition coefficient (Wildman–Crippen LogP) is 2.96. The number of amides is 1. The molecule has 1 amide bonds. The van der Waals surface area contributed by atoms with Crippen LogP contribution in [0.15, 0.2) is 34.9 Å². The molecule has 5 heteroatoms. The van der Waals surface area contributed by atoms with Gasteiger partial charge in [0.05, 0.1) is 17.5 Å². The first-order valence-corrected chi connectivity index (χ1v) is 8.77. The van der Waals surface area contributed by atoms with E-state index >= 15 is 0 Å². The van der Waals surface area contributed by atoms with E-state index in [4.69, 9.17) is 4.42 Å². The second kappa shape index (κ2) is 6.40. The van der Waals surface area contributed by atoms with Crippen molar-refractivity contribution in [1.29, 1.82) is 0 Å². The van der Waals surface area contributed by atoms with Crippen LogP contribution in [-0.4, -0.2) is 52.9 Å². The van der Waals surface area contributed by atoms with Gasteiger partial charge in [-0.05, 0) is 57.0 Å². The zero-order valence-corrected chi connectivity index (χ0v) is 14.1. The molecule has 1 atom stereocenters. The zero-order valence-electron chi connectivity index (χ0n) is 14.1. The molecule has 0 aliphatic carbocycles. The summed E-state index contributed by atoms with van der Waals surface area (Å²) in [4.78, 5) is 22.1. The minimum atomic E-state index is 0.111. The molecule has 126 valence electrons. The lowest BCUT2D eigenvalue weighted by Gasteiger charge is -2.26. The van der Waals surface area contributed by atoms with E-state index in [-0.39, 0.29) is 5.91 Å². The van der Waals surface area contributed by atoms with Crippen molar-refractivity contribution in [1.82, 2.24) is 14.8 Å². The van der Waals surface area contributed by atoms with Crippen LogP contribution in [0.2, 0.25) is 0 Å². The fourth-order valence-electron chi connectivity index (χ4n) is 3.91. The van der Waals surface area contributed by atoms with Gasteiger partial charge in [0, 0.05) is 25.7 Å². The first-order chi connectivity index (χ1) is 11.7. The number of pyridine rings is 1. The summed E-state index contributed by atoms with van der Waals surface area (Å²) in [5, 5.41) is 0. The van der Waals surface area contributed by atoms with Crippen molar-refractivity contribution in [2.75, 3.05) is 26.2 Å². The highest BCUT2D eigenvalue weighted by molar-refractivity contribution is 5.95. The molecule has 24 heavy (non-hydrogen) atoms. The molecule has 0 spiro atoms. The summed E-state index contributed by atoms with van der Waals surface area (Å²) in [6.45, 7) is 5.89. The molecule has 0 bridgehead atoms. The Hall–Kier alpha value is -2.14. The topological polar surface area (TPSA) is 49.6 Å². The maximum absolute atomic E-state index is 13.0. The number of nitrogens with zero attached hydrogens (tertiary/aromatic N) is 3. The average molecular weight is 325 g/mol. The van der Waals surface area contributed by atoms with Crippen LogP contribution in [-0.2, 0) is 0 Å². The van der Waals surface area contributed by atoms with Gasteiger partial charge in [0.1, 0.15) is 5.69 Å². The zero-order chi connectivity index (χ0) is 16.5. The third-order valence-corrected chi connectivity index (χ3v) is 5.18. The summed E-state index contributed by atoms with van der Waals surface area (Å²) >= 11 is 0. The van der Waals surface area contributed by atoms with Crippen molar-refractivity contribution in [3.63, 3.8) is 0 Å². The van der Waals surface area contributed by atoms with Gasteiger partial charge < -0.3 is 9.32 Å². The van der Waals surface area contributed by atoms with Crippen molar-refractivity contribution in [3.8, 4) is 11.5 Å². The number of rotatable bonds is 2. The van der Waals surface area contributed by atoms with Gasteiger partial charge in [0.25, 0.3) is 5.91 Å². The number of furan rings is 1. The van der Waals surface area contributed by atoms with Crippen LogP contribution >= 0.6 is 0 Å². The smallest absolute Gasteiger partial charge is 0.255 e. The van der Waals surface area contributed by atoms with Crippen LogP contribution in [0, 0.1) is 6.92 Å². The molecule has 5 nitrogen and oxygen atoms in total. The van der Waals surface area contributed by atoms with Gasteiger partial charge in [-0.1, -0.05) is 0 Å². The van der Waals surface area contributed by atoms with Gasteiger partial charge in [-0.2, -0.15) is 0 Å². The van der Waals surface area contributed by atoms with Crippen LogP contribution in [0.5, 0.6) is 0 Å². The molecular formula is C19H23N3O2. The Kier molecular flexibility index (Phi) is 4.10. The Balaban J connectivity index is 1.55. The molecule has 2 aromatic rings. The van der Waals surface area contributed by atoms with E-state index in [0.29, 0.717) is 11.6 Å². The number of hydrogen-bond donors (Lipinski definition) is 0. The molecule has 2 aliphatic rings. The summed E-state index contributed by atoms with van der Waals surface area (Å²) in [6, 6.07) is 8.02. The standard InChI is InChI=1S/C19H23N3O2/c1-14-16(7-8-17(20-14)18-6-3-12-24-18)19(23)22-11-4-10-21-9-2-5-15(21)13-22/h3,6-8,12,15H,2,4-5,9-11,13H2,1H3/t15-/m0/s1. The summed E-state index contributed by atoms with van der Waals surface area (Å²) in [7, 11) is 0. The Bertz CT molecular complexity index is 726. The van der Waals surface area contributed by atoms with E-state index in [0.717, 1.165) is 43.2 Å². The van der Waals surface area contributed by atoms with E-state index in [1.165, 1.54) is 19.4 Å². The molecule has 4 heterocycles. The van der Waals surface area contributed by atoms with E-state index in [2.05, 4.69) is 9.88 Å². The average Bonchev–Trinajstić information content (AvgIpc) is 3.23. The van der Waals surface area contributed by atoms with Gasteiger partial charge in [0.15, 0.2) is 5.76 Å². The first-order valence-electron chi connectivity index (χ1n) is 8.77. The Morgan fingerprint density at radius 3 is 2.88 bits per heavy atom. The van der Waals surface area contributed by atoms with Crippen LogP contribution in [0.25, 0.3) is 11.5 Å². The van der Waals surface area contributed by atoms with Crippen molar-refractivity contribution in [3.05, 3.63) is 41.8 Å². The normalized spacial score (nSPS) is 21.5. The van der Waals surface area contributed by atoms with Gasteiger partial charge in [-0.25, -0.2) is 4.98 Å². The number of fused-ring (bicyclic) bond motifs is 1. The minimum absolute atomic E-state index is 0.111. The third-order valence-electron chi connectivity index (χ3n) is 5.18. The fraction of sp³-hybridized carbons (Fsp3) is 0.474. The fourth-order valence-corrected chi connectivity index (χ4v) is 3.91. The number of carbonyl (C=O) groups excluding carboxylic acids is 1. The molecule has 0 aromatic carbocycles. The number of aryl methyl sites for hydroxylation is 1. The van der Waals surface area contributed by atoms with E-state index in [1.54, 1.807) is 6.26 Å². The van der Waals surface area contributed by atoms with E-state index in [9.17, 15) is 4.79 Å². The maximum atomic E-state index is 13.0. The molecule has 4 rings (SSSR count). The lowest BCUT2D eigenvalue weighted by Crippen LogP contribution is -2.39. The van der Waals surface area contributed by atoms with Gasteiger partial charge >= 0.3 is 0 Å². The van der Waals surface area contributed by atoms with E-state index < -0.39 is 0 Å². The van der Waals surface area contributed by atoms with Crippen LogP contribution in [0.4, 0.5) is 0 Å². The Morgan fingerprint density at radius 2 is 2.08 bits per heavy atom. The summed E-state index contributed by atoms with van der Waals surface area (Å²) in [6.07, 6.45) is 5.15.